The second-order valence-electron chi connectivity index (χ2n) is 6.78. The Hall–Kier alpha value is -1.06. The molecular weight excluding hydrogens is 242 g/mol. The molecule has 19 heavy (non-hydrogen) atoms. The van der Waals surface area contributed by atoms with Crippen LogP contribution in [-0.4, -0.2) is 23.0 Å². The van der Waals surface area contributed by atoms with E-state index in [4.69, 9.17) is 5.11 Å². The molecule has 0 radical (unpaired) electrons. The lowest BCUT2D eigenvalue weighted by atomic mass is 9.73. The number of hydrogen-bond acceptors (Lipinski definition) is 2. The van der Waals surface area contributed by atoms with Gasteiger partial charge in [-0.3, -0.25) is 9.59 Å². The number of rotatable bonds is 3. The standard InChI is InChI=1S/C15H25NO3/c1-15(2)9-4-3-8-12(15)16-13(17)10-6-5-7-11(10)14(18)19/h10-12H,3-9H2,1-2H3,(H,16,17)(H,18,19). The molecule has 0 aromatic carbocycles. The maximum atomic E-state index is 12.3. The Morgan fingerprint density at radius 3 is 2.37 bits per heavy atom. The van der Waals surface area contributed by atoms with Crippen LogP contribution in [0.25, 0.3) is 0 Å². The normalized spacial score (nSPS) is 33.9. The average Bonchev–Trinajstić information content (AvgIpc) is 2.80. The molecule has 0 heterocycles. The number of aliphatic carboxylic acids is 1. The number of carboxylic acids is 1. The first-order valence-electron chi connectivity index (χ1n) is 7.45. The van der Waals surface area contributed by atoms with Gasteiger partial charge in [0.25, 0.3) is 0 Å². The largest absolute Gasteiger partial charge is 0.481 e. The third-order valence-electron chi connectivity index (χ3n) is 4.99. The minimum absolute atomic E-state index is 0.0372. The SMILES string of the molecule is CC1(C)CCCCC1NC(=O)C1CCCC1C(=O)O. The van der Waals surface area contributed by atoms with Crippen molar-refractivity contribution in [2.75, 3.05) is 0 Å². The van der Waals surface area contributed by atoms with Crippen LogP contribution in [0.15, 0.2) is 0 Å². The molecule has 2 aliphatic rings. The summed E-state index contributed by atoms with van der Waals surface area (Å²) in [4.78, 5) is 23.5. The van der Waals surface area contributed by atoms with Gasteiger partial charge in [-0.05, 0) is 31.1 Å². The van der Waals surface area contributed by atoms with Gasteiger partial charge >= 0.3 is 5.97 Å². The topological polar surface area (TPSA) is 66.4 Å². The molecule has 2 saturated carbocycles. The molecule has 4 nitrogen and oxygen atoms in total. The second-order valence-corrected chi connectivity index (χ2v) is 6.78. The quantitative estimate of drug-likeness (QED) is 0.826. The number of carbonyl (C=O) groups excluding carboxylic acids is 1. The summed E-state index contributed by atoms with van der Waals surface area (Å²) in [5.74, 6) is -1.66. The second kappa shape index (κ2) is 5.51. The van der Waals surface area contributed by atoms with E-state index in [0.29, 0.717) is 6.42 Å². The zero-order valence-corrected chi connectivity index (χ0v) is 11.9. The van der Waals surface area contributed by atoms with Crippen LogP contribution in [0.2, 0.25) is 0 Å². The van der Waals surface area contributed by atoms with Gasteiger partial charge in [0.1, 0.15) is 0 Å². The lowest BCUT2D eigenvalue weighted by molar-refractivity contribution is -0.146. The molecule has 2 aliphatic carbocycles. The van der Waals surface area contributed by atoms with Crippen LogP contribution < -0.4 is 5.32 Å². The van der Waals surface area contributed by atoms with Crippen molar-refractivity contribution in [1.82, 2.24) is 5.32 Å². The summed E-state index contributed by atoms with van der Waals surface area (Å²) in [5, 5.41) is 12.3. The summed E-state index contributed by atoms with van der Waals surface area (Å²) in [6, 6.07) is 0.198. The van der Waals surface area contributed by atoms with E-state index < -0.39 is 11.9 Å². The summed E-state index contributed by atoms with van der Waals surface area (Å²) < 4.78 is 0. The first-order chi connectivity index (χ1) is 8.92. The Morgan fingerprint density at radius 1 is 1.05 bits per heavy atom. The van der Waals surface area contributed by atoms with Crippen LogP contribution in [-0.2, 0) is 9.59 Å². The summed E-state index contributed by atoms with van der Waals surface area (Å²) in [7, 11) is 0. The van der Waals surface area contributed by atoms with Gasteiger partial charge in [-0.15, -0.1) is 0 Å². The van der Waals surface area contributed by atoms with Crippen molar-refractivity contribution in [1.29, 1.82) is 0 Å². The fraction of sp³-hybridized carbons (Fsp3) is 0.867. The molecule has 2 N–H and O–H groups in total. The maximum Gasteiger partial charge on any atom is 0.307 e. The molecular formula is C15H25NO3. The zero-order chi connectivity index (χ0) is 14.0. The van der Waals surface area contributed by atoms with E-state index in [9.17, 15) is 9.59 Å². The molecule has 108 valence electrons. The van der Waals surface area contributed by atoms with Crippen LogP contribution in [0.1, 0.15) is 58.8 Å². The highest BCUT2D eigenvalue weighted by molar-refractivity contribution is 5.85. The summed E-state index contributed by atoms with van der Waals surface area (Å²) in [5.41, 5.74) is 0.130. The van der Waals surface area contributed by atoms with E-state index >= 15 is 0 Å². The van der Waals surface area contributed by atoms with E-state index in [1.165, 1.54) is 6.42 Å². The van der Waals surface area contributed by atoms with Crippen molar-refractivity contribution >= 4 is 11.9 Å². The van der Waals surface area contributed by atoms with Gasteiger partial charge in [-0.1, -0.05) is 33.1 Å². The molecule has 3 unspecified atom stereocenters. The van der Waals surface area contributed by atoms with Crippen LogP contribution in [0.5, 0.6) is 0 Å². The Kier molecular flexibility index (Phi) is 4.16. The minimum Gasteiger partial charge on any atom is -0.481 e. The predicted octanol–water partition coefficient (Wildman–Crippen LogP) is 2.57. The van der Waals surface area contributed by atoms with E-state index in [2.05, 4.69) is 19.2 Å². The first-order valence-corrected chi connectivity index (χ1v) is 7.45. The van der Waals surface area contributed by atoms with Gasteiger partial charge in [0.2, 0.25) is 5.91 Å². The van der Waals surface area contributed by atoms with Gasteiger partial charge in [-0.2, -0.15) is 0 Å². The highest BCUT2D eigenvalue weighted by Crippen LogP contribution is 2.37. The van der Waals surface area contributed by atoms with Gasteiger partial charge < -0.3 is 10.4 Å². The lowest BCUT2D eigenvalue weighted by Crippen LogP contribution is -2.49. The van der Waals surface area contributed by atoms with Crippen molar-refractivity contribution in [3.05, 3.63) is 0 Å². The van der Waals surface area contributed by atoms with Crippen LogP contribution in [0, 0.1) is 17.3 Å². The zero-order valence-electron chi connectivity index (χ0n) is 11.9. The smallest absolute Gasteiger partial charge is 0.307 e. The molecule has 0 bridgehead atoms. The third-order valence-corrected chi connectivity index (χ3v) is 4.99. The van der Waals surface area contributed by atoms with E-state index in [-0.39, 0.29) is 23.3 Å². The Balaban J connectivity index is 1.98. The number of amides is 1. The van der Waals surface area contributed by atoms with Crippen molar-refractivity contribution in [3.8, 4) is 0 Å². The molecule has 2 rings (SSSR count). The van der Waals surface area contributed by atoms with E-state index in [1.807, 2.05) is 0 Å². The molecule has 1 amide bonds. The Morgan fingerprint density at radius 2 is 1.74 bits per heavy atom. The van der Waals surface area contributed by atoms with Gasteiger partial charge in [0.05, 0.1) is 11.8 Å². The molecule has 0 aromatic rings. The molecule has 4 heteroatoms. The summed E-state index contributed by atoms with van der Waals surface area (Å²) in [6.07, 6.45) is 6.73. The Bertz CT molecular complexity index is 364. The molecule has 0 spiro atoms. The molecule has 0 saturated heterocycles. The lowest BCUT2D eigenvalue weighted by Gasteiger charge is -2.39. The van der Waals surface area contributed by atoms with Crippen molar-refractivity contribution < 1.29 is 14.7 Å². The van der Waals surface area contributed by atoms with Gasteiger partial charge in [0, 0.05) is 6.04 Å². The number of carboxylic acid groups (broad SMARTS) is 1. The van der Waals surface area contributed by atoms with Gasteiger partial charge in [-0.25, -0.2) is 0 Å². The van der Waals surface area contributed by atoms with E-state index in [0.717, 1.165) is 32.1 Å². The van der Waals surface area contributed by atoms with Crippen molar-refractivity contribution in [2.45, 2.75) is 64.8 Å². The van der Waals surface area contributed by atoms with Crippen LogP contribution in [0.4, 0.5) is 0 Å². The highest BCUT2D eigenvalue weighted by Gasteiger charge is 2.40. The fourth-order valence-corrected chi connectivity index (χ4v) is 3.61. The number of carbonyl (C=O) groups is 2. The van der Waals surface area contributed by atoms with E-state index in [1.54, 1.807) is 0 Å². The molecule has 3 atom stereocenters. The molecule has 2 fully saturated rings. The molecule has 0 aliphatic heterocycles. The number of nitrogens with one attached hydrogen (secondary N) is 1. The third kappa shape index (κ3) is 3.10. The summed E-state index contributed by atoms with van der Waals surface area (Å²) >= 11 is 0. The van der Waals surface area contributed by atoms with Crippen molar-refractivity contribution in [2.24, 2.45) is 17.3 Å². The fourth-order valence-electron chi connectivity index (χ4n) is 3.61. The first kappa shape index (κ1) is 14.4. The average molecular weight is 267 g/mol. The number of hydrogen-bond donors (Lipinski definition) is 2. The highest BCUT2D eigenvalue weighted by atomic mass is 16.4. The van der Waals surface area contributed by atoms with Crippen molar-refractivity contribution in [3.63, 3.8) is 0 Å². The molecule has 0 aromatic heterocycles. The van der Waals surface area contributed by atoms with Crippen LogP contribution in [0.3, 0.4) is 0 Å². The minimum atomic E-state index is -0.819. The maximum absolute atomic E-state index is 12.3. The summed E-state index contributed by atoms with van der Waals surface area (Å²) in [6.45, 7) is 4.39. The van der Waals surface area contributed by atoms with Gasteiger partial charge in [0.15, 0.2) is 0 Å². The Labute approximate surface area is 115 Å². The predicted molar refractivity (Wildman–Crippen MR) is 72.6 cm³/mol. The van der Waals surface area contributed by atoms with Crippen LogP contribution >= 0.6 is 0 Å². The monoisotopic (exact) mass is 267 g/mol.